The second-order valence-electron chi connectivity index (χ2n) is 4.04. The summed E-state index contributed by atoms with van der Waals surface area (Å²) in [5.41, 5.74) is 0.457. The lowest BCUT2D eigenvalue weighted by molar-refractivity contribution is -0.137. The van der Waals surface area contributed by atoms with E-state index in [1.54, 1.807) is 24.3 Å². The van der Waals surface area contributed by atoms with E-state index in [-0.39, 0.29) is 31.3 Å². The van der Waals surface area contributed by atoms with Crippen LogP contribution < -0.4 is 10.6 Å². The second kappa shape index (κ2) is 8.31. The van der Waals surface area contributed by atoms with E-state index in [9.17, 15) is 14.4 Å². The van der Waals surface area contributed by atoms with E-state index in [1.807, 2.05) is 0 Å². The van der Waals surface area contributed by atoms with Gasteiger partial charge in [0.1, 0.15) is 0 Å². The molecule has 6 nitrogen and oxygen atoms in total. The van der Waals surface area contributed by atoms with Crippen LogP contribution in [-0.4, -0.2) is 36.0 Å². The van der Waals surface area contributed by atoms with E-state index in [4.69, 9.17) is 5.11 Å². The molecule has 0 aliphatic carbocycles. The van der Waals surface area contributed by atoms with Crippen LogP contribution in [0.15, 0.2) is 28.7 Å². The first kappa shape index (κ1) is 16.2. The highest BCUT2D eigenvalue weighted by atomic mass is 79.9. The number of carbonyl (C=O) groups excluding carboxylic acids is 2. The number of hydrogen-bond donors (Lipinski definition) is 3. The zero-order chi connectivity index (χ0) is 15.0. The van der Waals surface area contributed by atoms with Crippen molar-refractivity contribution in [2.75, 3.05) is 13.1 Å². The van der Waals surface area contributed by atoms with Crippen molar-refractivity contribution >= 4 is 33.7 Å². The summed E-state index contributed by atoms with van der Waals surface area (Å²) in [6.07, 6.45) is 0.366. The number of carboxylic acids is 1. The Labute approximate surface area is 124 Å². The molecular formula is C13H15BrN2O4. The van der Waals surface area contributed by atoms with Gasteiger partial charge in [-0.05, 0) is 24.6 Å². The SMILES string of the molecule is O=C(O)CCCNC(=O)CNC(=O)c1cccc(Br)c1. The van der Waals surface area contributed by atoms with Crippen LogP contribution >= 0.6 is 15.9 Å². The van der Waals surface area contributed by atoms with Crippen molar-refractivity contribution in [3.05, 3.63) is 34.3 Å². The topological polar surface area (TPSA) is 95.5 Å². The molecular weight excluding hydrogens is 328 g/mol. The zero-order valence-corrected chi connectivity index (χ0v) is 12.3. The van der Waals surface area contributed by atoms with Gasteiger partial charge in [0.05, 0.1) is 6.54 Å². The molecule has 1 aromatic rings. The molecule has 2 amide bonds. The standard InChI is InChI=1S/C13H15BrN2O4/c14-10-4-1-3-9(7-10)13(20)16-8-11(17)15-6-2-5-12(18)19/h1,3-4,7H,2,5-6,8H2,(H,15,17)(H,16,20)(H,18,19). The molecule has 1 rings (SSSR count). The quantitative estimate of drug-likeness (QED) is 0.648. The predicted octanol–water partition coefficient (Wildman–Crippen LogP) is 1.16. The van der Waals surface area contributed by atoms with Crippen molar-refractivity contribution in [2.24, 2.45) is 0 Å². The number of hydrogen-bond acceptors (Lipinski definition) is 3. The maximum absolute atomic E-state index is 11.7. The van der Waals surface area contributed by atoms with E-state index in [2.05, 4.69) is 26.6 Å². The molecule has 0 fully saturated rings. The number of halogens is 1. The minimum Gasteiger partial charge on any atom is -0.481 e. The van der Waals surface area contributed by atoms with Gasteiger partial charge in [0.2, 0.25) is 5.91 Å². The summed E-state index contributed by atoms with van der Waals surface area (Å²) in [7, 11) is 0. The summed E-state index contributed by atoms with van der Waals surface area (Å²) in [6, 6.07) is 6.82. The molecule has 1 aromatic carbocycles. The number of nitrogens with one attached hydrogen (secondary N) is 2. The van der Waals surface area contributed by atoms with Crippen LogP contribution in [-0.2, 0) is 9.59 Å². The lowest BCUT2D eigenvalue weighted by Gasteiger charge is -2.06. The average Bonchev–Trinajstić information content (AvgIpc) is 2.40. The third-order valence-corrected chi connectivity index (χ3v) is 2.88. The maximum Gasteiger partial charge on any atom is 0.303 e. The fourth-order valence-electron chi connectivity index (χ4n) is 1.42. The molecule has 3 N–H and O–H groups in total. The lowest BCUT2D eigenvalue weighted by atomic mass is 10.2. The molecule has 7 heteroatoms. The van der Waals surface area contributed by atoms with Crippen molar-refractivity contribution in [3.8, 4) is 0 Å². The number of carbonyl (C=O) groups is 3. The third-order valence-electron chi connectivity index (χ3n) is 2.39. The molecule has 0 saturated carbocycles. The smallest absolute Gasteiger partial charge is 0.303 e. The normalized spacial score (nSPS) is 9.85. The predicted molar refractivity (Wildman–Crippen MR) is 76.4 cm³/mol. The minimum absolute atomic E-state index is 0.00464. The Morgan fingerprint density at radius 3 is 2.60 bits per heavy atom. The van der Waals surface area contributed by atoms with Crippen LogP contribution in [0.3, 0.4) is 0 Å². The Kier molecular flexibility index (Phi) is 6.72. The highest BCUT2D eigenvalue weighted by molar-refractivity contribution is 9.10. The van der Waals surface area contributed by atoms with Crippen LogP contribution in [0.5, 0.6) is 0 Å². The van der Waals surface area contributed by atoms with Gasteiger partial charge >= 0.3 is 5.97 Å². The fraction of sp³-hybridized carbons (Fsp3) is 0.308. The Morgan fingerprint density at radius 2 is 1.95 bits per heavy atom. The van der Waals surface area contributed by atoms with E-state index in [0.29, 0.717) is 12.0 Å². The van der Waals surface area contributed by atoms with Gasteiger partial charge in [-0.25, -0.2) is 0 Å². The Morgan fingerprint density at radius 1 is 1.20 bits per heavy atom. The van der Waals surface area contributed by atoms with Crippen molar-refractivity contribution in [2.45, 2.75) is 12.8 Å². The highest BCUT2D eigenvalue weighted by Gasteiger charge is 2.08. The Balaban J connectivity index is 2.27. The van der Waals surface area contributed by atoms with Crippen molar-refractivity contribution < 1.29 is 19.5 Å². The molecule has 0 aromatic heterocycles. The molecule has 0 atom stereocenters. The number of amides is 2. The largest absolute Gasteiger partial charge is 0.481 e. The van der Waals surface area contributed by atoms with Gasteiger partial charge < -0.3 is 15.7 Å². The summed E-state index contributed by atoms with van der Waals surface area (Å²) in [5, 5.41) is 13.4. The molecule has 0 aliphatic heterocycles. The van der Waals surface area contributed by atoms with Crippen molar-refractivity contribution in [1.29, 1.82) is 0 Å². The first-order valence-corrected chi connectivity index (χ1v) is 6.80. The van der Waals surface area contributed by atoms with E-state index >= 15 is 0 Å². The second-order valence-corrected chi connectivity index (χ2v) is 4.96. The number of benzene rings is 1. The molecule has 20 heavy (non-hydrogen) atoms. The van der Waals surface area contributed by atoms with Gasteiger partial charge in [-0.1, -0.05) is 22.0 Å². The molecule has 0 bridgehead atoms. The molecule has 0 radical (unpaired) electrons. The maximum atomic E-state index is 11.7. The summed E-state index contributed by atoms with van der Waals surface area (Å²) < 4.78 is 0.781. The highest BCUT2D eigenvalue weighted by Crippen LogP contribution is 2.11. The van der Waals surface area contributed by atoms with Crippen molar-refractivity contribution in [1.82, 2.24) is 10.6 Å². The van der Waals surface area contributed by atoms with E-state index in [1.165, 1.54) is 0 Å². The average molecular weight is 343 g/mol. The summed E-state index contributed by atoms with van der Waals surface area (Å²) in [4.78, 5) is 33.4. The van der Waals surface area contributed by atoms with Crippen LogP contribution in [0, 0.1) is 0 Å². The molecule has 0 heterocycles. The fourth-order valence-corrected chi connectivity index (χ4v) is 1.82. The van der Waals surface area contributed by atoms with E-state index < -0.39 is 5.97 Å². The van der Waals surface area contributed by atoms with Crippen LogP contribution in [0.2, 0.25) is 0 Å². The van der Waals surface area contributed by atoms with Crippen molar-refractivity contribution in [3.63, 3.8) is 0 Å². The van der Waals surface area contributed by atoms with Crippen LogP contribution in [0.4, 0.5) is 0 Å². The van der Waals surface area contributed by atoms with Crippen LogP contribution in [0.1, 0.15) is 23.2 Å². The first-order valence-electron chi connectivity index (χ1n) is 6.01. The zero-order valence-electron chi connectivity index (χ0n) is 10.7. The molecule has 0 saturated heterocycles. The first-order chi connectivity index (χ1) is 9.49. The summed E-state index contributed by atoms with van der Waals surface area (Å²) in [6.45, 7) is 0.135. The van der Waals surface area contributed by atoms with Gasteiger partial charge in [-0.3, -0.25) is 14.4 Å². The van der Waals surface area contributed by atoms with Gasteiger partial charge in [-0.15, -0.1) is 0 Å². The van der Waals surface area contributed by atoms with Gasteiger partial charge in [0.15, 0.2) is 0 Å². The lowest BCUT2D eigenvalue weighted by Crippen LogP contribution is -2.37. The van der Waals surface area contributed by atoms with Gasteiger partial charge in [0.25, 0.3) is 5.91 Å². The molecule has 108 valence electrons. The monoisotopic (exact) mass is 342 g/mol. The van der Waals surface area contributed by atoms with E-state index in [0.717, 1.165) is 4.47 Å². The third kappa shape index (κ3) is 6.33. The molecule has 0 spiro atoms. The minimum atomic E-state index is -0.901. The molecule has 0 unspecified atom stereocenters. The van der Waals surface area contributed by atoms with Crippen LogP contribution in [0.25, 0.3) is 0 Å². The van der Waals surface area contributed by atoms with Gasteiger partial charge in [0, 0.05) is 23.0 Å². The summed E-state index contributed by atoms with van der Waals surface area (Å²) in [5.74, 6) is -1.59. The Bertz CT molecular complexity index is 505. The number of carboxylic acid groups (broad SMARTS) is 1. The van der Waals surface area contributed by atoms with Gasteiger partial charge in [-0.2, -0.15) is 0 Å². The molecule has 0 aliphatic rings. The summed E-state index contributed by atoms with van der Waals surface area (Å²) >= 11 is 3.26. The number of aliphatic carboxylic acids is 1. The Hall–Kier alpha value is -1.89. The number of rotatable bonds is 7.